The van der Waals surface area contributed by atoms with Crippen LogP contribution in [0.3, 0.4) is 0 Å². The lowest BCUT2D eigenvalue weighted by molar-refractivity contribution is 0.101. The number of aromatic hydroxyl groups is 1. The molecular formula is C7H9NO2S2. The van der Waals surface area contributed by atoms with E-state index in [-0.39, 0.29) is 11.7 Å². The summed E-state index contributed by atoms with van der Waals surface area (Å²) in [5.74, 6) is -0.143. The van der Waals surface area contributed by atoms with Crippen LogP contribution in [0.1, 0.15) is 23.5 Å². The van der Waals surface area contributed by atoms with Gasteiger partial charge in [0.05, 0.1) is 0 Å². The van der Waals surface area contributed by atoms with Crippen LogP contribution in [0.15, 0.2) is 0 Å². The molecule has 1 rings (SSSR count). The third-order valence-corrected chi connectivity index (χ3v) is 3.04. The SMILES string of the molecule is CCn1c(O)c(C(C)=O)sc1=S. The van der Waals surface area contributed by atoms with Crippen molar-refractivity contribution in [3.05, 3.63) is 8.83 Å². The van der Waals surface area contributed by atoms with Crippen LogP contribution in [0.2, 0.25) is 0 Å². The molecule has 0 atom stereocenters. The summed E-state index contributed by atoms with van der Waals surface area (Å²) in [5.41, 5.74) is 0. The largest absolute Gasteiger partial charge is 0.493 e. The van der Waals surface area contributed by atoms with Crippen molar-refractivity contribution in [3.8, 4) is 5.88 Å². The van der Waals surface area contributed by atoms with E-state index in [4.69, 9.17) is 12.2 Å². The van der Waals surface area contributed by atoms with Gasteiger partial charge in [-0.2, -0.15) is 0 Å². The highest BCUT2D eigenvalue weighted by Crippen LogP contribution is 2.25. The van der Waals surface area contributed by atoms with Gasteiger partial charge in [-0.25, -0.2) is 0 Å². The number of carbonyl (C=O) groups is 1. The Bertz CT molecular complexity index is 364. The van der Waals surface area contributed by atoms with Gasteiger partial charge in [0.2, 0.25) is 5.88 Å². The number of aromatic nitrogens is 1. The molecule has 0 fully saturated rings. The van der Waals surface area contributed by atoms with E-state index >= 15 is 0 Å². The Hall–Kier alpha value is -0.680. The van der Waals surface area contributed by atoms with Crippen molar-refractivity contribution in [2.75, 3.05) is 0 Å². The summed E-state index contributed by atoms with van der Waals surface area (Å²) in [6, 6.07) is 0. The van der Waals surface area contributed by atoms with Gasteiger partial charge >= 0.3 is 0 Å². The van der Waals surface area contributed by atoms with E-state index in [1.54, 1.807) is 0 Å². The summed E-state index contributed by atoms with van der Waals surface area (Å²) in [6.07, 6.45) is 0. The third-order valence-electron chi connectivity index (χ3n) is 1.50. The number of nitrogens with zero attached hydrogens (tertiary/aromatic N) is 1. The molecule has 5 heteroatoms. The predicted molar refractivity (Wildman–Crippen MR) is 50.5 cm³/mol. The minimum absolute atomic E-state index is 0.000000000000000222. The number of carbonyl (C=O) groups excluding carboxylic acids is 1. The molecule has 1 heterocycles. The van der Waals surface area contributed by atoms with Crippen molar-refractivity contribution in [3.63, 3.8) is 0 Å². The molecule has 0 aliphatic rings. The van der Waals surface area contributed by atoms with E-state index in [1.807, 2.05) is 6.92 Å². The molecule has 12 heavy (non-hydrogen) atoms. The summed E-state index contributed by atoms with van der Waals surface area (Å²) in [7, 11) is 0. The summed E-state index contributed by atoms with van der Waals surface area (Å²) in [5, 5.41) is 9.47. The monoisotopic (exact) mass is 203 g/mol. The van der Waals surface area contributed by atoms with Crippen molar-refractivity contribution < 1.29 is 9.90 Å². The van der Waals surface area contributed by atoms with E-state index in [1.165, 1.54) is 11.5 Å². The molecule has 0 saturated carbocycles. The molecular weight excluding hydrogens is 194 g/mol. The summed E-state index contributed by atoms with van der Waals surface area (Å²) >= 11 is 6.10. The molecule has 0 saturated heterocycles. The van der Waals surface area contributed by atoms with Crippen molar-refractivity contribution in [1.82, 2.24) is 4.57 Å². The molecule has 66 valence electrons. The fourth-order valence-electron chi connectivity index (χ4n) is 0.905. The van der Waals surface area contributed by atoms with E-state index < -0.39 is 0 Å². The van der Waals surface area contributed by atoms with Crippen LogP contribution >= 0.6 is 23.6 Å². The first-order valence-corrected chi connectivity index (χ1v) is 4.74. The molecule has 3 nitrogen and oxygen atoms in total. The van der Waals surface area contributed by atoms with E-state index in [0.717, 1.165) is 11.3 Å². The van der Waals surface area contributed by atoms with E-state index in [9.17, 15) is 9.90 Å². The fraction of sp³-hybridized carbons (Fsp3) is 0.429. The van der Waals surface area contributed by atoms with Gasteiger partial charge in [-0.1, -0.05) is 11.3 Å². The number of hydrogen-bond donors (Lipinski definition) is 1. The molecule has 0 amide bonds. The zero-order chi connectivity index (χ0) is 9.30. The smallest absolute Gasteiger partial charge is 0.214 e. The molecule has 1 aromatic heterocycles. The number of rotatable bonds is 2. The van der Waals surface area contributed by atoms with Crippen molar-refractivity contribution in [2.24, 2.45) is 0 Å². The van der Waals surface area contributed by atoms with Crippen molar-refractivity contribution in [1.29, 1.82) is 0 Å². The number of hydrogen-bond acceptors (Lipinski definition) is 4. The number of thiazole rings is 1. The maximum Gasteiger partial charge on any atom is 0.214 e. The molecule has 0 radical (unpaired) electrons. The van der Waals surface area contributed by atoms with Gasteiger partial charge < -0.3 is 5.11 Å². The highest BCUT2D eigenvalue weighted by atomic mass is 32.1. The number of Topliss-reactive ketones (excluding diaryl/α,β-unsaturated/α-hetero) is 1. The molecule has 1 N–H and O–H groups in total. The Balaban J connectivity index is 3.36. The summed E-state index contributed by atoms with van der Waals surface area (Å²) in [4.78, 5) is 11.3. The van der Waals surface area contributed by atoms with Crippen LogP contribution in [0.5, 0.6) is 5.88 Å². The van der Waals surface area contributed by atoms with Crippen molar-refractivity contribution in [2.45, 2.75) is 20.4 Å². The van der Waals surface area contributed by atoms with Crippen molar-refractivity contribution >= 4 is 29.3 Å². The lowest BCUT2D eigenvalue weighted by Gasteiger charge is -1.97. The zero-order valence-corrected chi connectivity index (χ0v) is 8.46. The molecule has 1 aromatic rings. The highest BCUT2D eigenvalue weighted by molar-refractivity contribution is 7.73. The van der Waals surface area contributed by atoms with Crippen LogP contribution in [-0.2, 0) is 6.54 Å². The average Bonchev–Trinajstić information content (AvgIpc) is 2.27. The topological polar surface area (TPSA) is 42.2 Å². The minimum Gasteiger partial charge on any atom is -0.493 e. The lowest BCUT2D eigenvalue weighted by Crippen LogP contribution is -1.94. The normalized spacial score (nSPS) is 10.2. The minimum atomic E-state index is -0.143. The molecule has 0 aromatic carbocycles. The van der Waals surface area contributed by atoms with Gasteiger partial charge in [0.15, 0.2) is 9.74 Å². The quantitative estimate of drug-likeness (QED) is 0.592. The van der Waals surface area contributed by atoms with Gasteiger partial charge in [0, 0.05) is 13.5 Å². The first-order valence-electron chi connectivity index (χ1n) is 3.51. The van der Waals surface area contributed by atoms with Crippen LogP contribution < -0.4 is 0 Å². The maximum atomic E-state index is 10.9. The van der Waals surface area contributed by atoms with Crippen LogP contribution in [0.25, 0.3) is 0 Å². The second-order valence-electron chi connectivity index (χ2n) is 2.32. The first kappa shape index (κ1) is 9.41. The second kappa shape index (κ2) is 3.37. The van der Waals surface area contributed by atoms with E-state index in [2.05, 4.69) is 0 Å². The molecule has 0 spiro atoms. The Morgan fingerprint density at radius 2 is 2.33 bits per heavy atom. The highest BCUT2D eigenvalue weighted by Gasteiger charge is 2.13. The number of ketones is 1. The molecule has 0 bridgehead atoms. The lowest BCUT2D eigenvalue weighted by atomic mass is 10.4. The molecule has 0 aliphatic heterocycles. The van der Waals surface area contributed by atoms with Gasteiger partial charge in [0.25, 0.3) is 0 Å². The Morgan fingerprint density at radius 3 is 2.58 bits per heavy atom. The van der Waals surface area contributed by atoms with Gasteiger partial charge in [-0.3, -0.25) is 9.36 Å². The fourth-order valence-corrected chi connectivity index (χ4v) is 2.22. The molecule has 0 unspecified atom stereocenters. The zero-order valence-electron chi connectivity index (χ0n) is 6.83. The summed E-state index contributed by atoms with van der Waals surface area (Å²) < 4.78 is 2.08. The second-order valence-corrected chi connectivity index (χ2v) is 3.97. The van der Waals surface area contributed by atoms with Gasteiger partial charge in [0.1, 0.15) is 4.88 Å². The Morgan fingerprint density at radius 1 is 1.75 bits per heavy atom. The van der Waals surface area contributed by atoms with Crippen LogP contribution in [-0.4, -0.2) is 15.5 Å². The maximum absolute atomic E-state index is 10.9. The Labute approximate surface area is 79.3 Å². The summed E-state index contributed by atoms with van der Waals surface area (Å²) in [6.45, 7) is 3.88. The van der Waals surface area contributed by atoms with Crippen LogP contribution in [0, 0.1) is 3.95 Å². The van der Waals surface area contributed by atoms with Crippen LogP contribution in [0.4, 0.5) is 0 Å². The Kier molecular flexibility index (Phi) is 2.64. The van der Waals surface area contributed by atoms with E-state index in [0.29, 0.717) is 15.4 Å². The average molecular weight is 203 g/mol. The molecule has 0 aliphatic carbocycles. The first-order chi connectivity index (χ1) is 5.57. The predicted octanol–water partition coefficient (Wildman–Crippen LogP) is 2.21. The third kappa shape index (κ3) is 1.42. The van der Waals surface area contributed by atoms with Gasteiger partial charge in [-0.15, -0.1) is 0 Å². The van der Waals surface area contributed by atoms with Gasteiger partial charge in [-0.05, 0) is 19.1 Å². The standard InChI is InChI=1S/C7H9NO2S2/c1-3-8-6(10)5(4(2)9)12-7(8)11/h10H,3H2,1-2H3.